The molecule has 3 heterocycles. The summed E-state index contributed by atoms with van der Waals surface area (Å²) in [6.45, 7) is 0.900. The molecule has 138 valence electrons. The number of rotatable bonds is 4. The molecule has 1 aromatic carbocycles. The van der Waals surface area contributed by atoms with Crippen LogP contribution in [0.2, 0.25) is 0 Å². The second-order valence-corrected chi connectivity index (χ2v) is 6.92. The van der Waals surface area contributed by atoms with Crippen molar-refractivity contribution in [2.45, 2.75) is 6.42 Å². The molecule has 2 aromatic heterocycles. The predicted octanol–water partition coefficient (Wildman–Crippen LogP) is 2.39. The lowest BCUT2D eigenvalue weighted by molar-refractivity contribution is -0.126. The van der Waals surface area contributed by atoms with Crippen LogP contribution in [0.15, 0.2) is 48.8 Å². The topological polar surface area (TPSA) is 65.8 Å². The molecule has 6 heteroatoms. The van der Waals surface area contributed by atoms with E-state index in [-0.39, 0.29) is 18.4 Å². The van der Waals surface area contributed by atoms with Crippen LogP contribution < -0.4 is 10.6 Å². The van der Waals surface area contributed by atoms with Gasteiger partial charge in [0.05, 0.1) is 17.6 Å². The van der Waals surface area contributed by atoms with Crippen molar-refractivity contribution in [2.75, 3.05) is 32.5 Å². The van der Waals surface area contributed by atoms with Crippen LogP contribution in [0.1, 0.15) is 15.9 Å². The maximum atomic E-state index is 12.3. The van der Waals surface area contributed by atoms with Crippen LogP contribution >= 0.6 is 0 Å². The van der Waals surface area contributed by atoms with Crippen molar-refractivity contribution in [3.05, 3.63) is 59.9 Å². The number of hydrogen-bond donors (Lipinski definition) is 2. The third-order valence-electron chi connectivity index (χ3n) is 4.95. The van der Waals surface area contributed by atoms with Gasteiger partial charge < -0.3 is 19.9 Å². The molecule has 1 aliphatic heterocycles. The summed E-state index contributed by atoms with van der Waals surface area (Å²) in [7, 11) is 3.49. The summed E-state index contributed by atoms with van der Waals surface area (Å²) >= 11 is 0. The number of hydrogen-bond acceptors (Lipinski definition) is 3. The van der Waals surface area contributed by atoms with Crippen LogP contribution in [-0.4, -0.2) is 48.3 Å². The smallest absolute Gasteiger partial charge is 0.253 e. The fourth-order valence-corrected chi connectivity index (χ4v) is 3.48. The number of anilines is 1. The number of likely N-dealkylation sites (N-methyl/N-ethyl adjacent to an activating group) is 1. The van der Waals surface area contributed by atoms with E-state index in [2.05, 4.69) is 16.8 Å². The van der Waals surface area contributed by atoms with Crippen LogP contribution in [-0.2, 0) is 11.2 Å². The van der Waals surface area contributed by atoms with Crippen molar-refractivity contribution >= 4 is 23.0 Å². The number of carbonyl (C=O) groups is 2. The number of aromatic nitrogens is 1. The average molecular weight is 362 g/mol. The molecule has 0 radical (unpaired) electrons. The highest BCUT2D eigenvalue weighted by Crippen LogP contribution is 2.32. The standard InChI is InChI=1S/C21H22N4O2/c1-24(2)19(26)12-23-15-7-5-14(6-8-15)18-13-25-11-3-4-17-20(25)16(18)9-10-22-21(17)27/h3-8,11,13,23H,9-10,12H2,1-2H3,(H,22,27). The van der Waals surface area contributed by atoms with E-state index in [9.17, 15) is 9.59 Å². The average Bonchev–Trinajstić information content (AvgIpc) is 2.95. The Morgan fingerprint density at radius 3 is 2.70 bits per heavy atom. The highest BCUT2D eigenvalue weighted by molar-refractivity contribution is 6.03. The Kier molecular flexibility index (Phi) is 4.32. The number of nitrogens with one attached hydrogen (secondary N) is 2. The van der Waals surface area contributed by atoms with Gasteiger partial charge >= 0.3 is 0 Å². The number of nitrogens with zero attached hydrogens (tertiary/aromatic N) is 2. The van der Waals surface area contributed by atoms with Crippen LogP contribution in [0, 0.1) is 0 Å². The monoisotopic (exact) mass is 362 g/mol. The van der Waals surface area contributed by atoms with Gasteiger partial charge in [0.2, 0.25) is 5.91 Å². The van der Waals surface area contributed by atoms with E-state index >= 15 is 0 Å². The minimum atomic E-state index is -0.0193. The molecule has 2 N–H and O–H groups in total. The fraction of sp³-hybridized carbons (Fsp3) is 0.238. The lowest BCUT2D eigenvalue weighted by Crippen LogP contribution is -2.28. The molecule has 0 bridgehead atoms. The van der Waals surface area contributed by atoms with Crippen molar-refractivity contribution < 1.29 is 9.59 Å². The minimum Gasteiger partial charge on any atom is -0.376 e. The van der Waals surface area contributed by atoms with Crippen molar-refractivity contribution in [3.63, 3.8) is 0 Å². The molecule has 0 unspecified atom stereocenters. The van der Waals surface area contributed by atoms with Gasteiger partial charge in [-0.2, -0.15) is 0 Å². The first-order chi connectivity index (χ1) is 13.0. The van der Waals surface area contributed by atoms with Gasteiger partial charge in [0.1, 0.15) is 0 Å². The molecule has 1 aliphatic rings. The van der Waals surface area contributed by atoms with Gasteiger partial charge in [-0.3, -0.25) is 9.59 Å². The Bertz CT molecular complexity index is 1020. The van der Waals surface area contributed by atoms with Crippen LogP contribution in [0.4, 0.5) is 5.69 Å². The predicted molar refractivity (Wildman–Crippen MR) is 106 cm³/mol. The maximum absolute atomic E-state index is 12.3. The van der Waals surface area contributed by atoms with Crippen LogP contribution in [0.5, 0.6) is 0 Å². The lowest BCUT2D eigenvalue weighted by atomic mass is 10.0. The number of carbonyl (C=O) groups excluding carboxylic acids is 2. The first-order valence-electron chi connectivity index (χ1n) is 9.00. The molecule has 0 atom stereocenters. The summed E-state index contributed by atoms with van der Waals surface area (Å²) in [5.41, 5.74) is 6.03. The van der Waals surface area contributed by atoms with Crippen LogP contribution in [0.3, 0.4) is 0 Å². The van der Waals surface area contributed by atoms with Gasteiger partial charge in [-0.25, -0.2) is 0 Å². The lowest BCUT2D eigenvalue weighted by Gasteiger charge is -2.12. The Balaban J connectivity index is 1.67. The Morgan fingerprint density at radius 2 is 1.96 bits per heavy atom. The summed E-state index contributed by atoms with van der Waals surface area (Å²) < 4.78 is 2.03. The van der Waals surface area contributed by atoms with E-state index in [4.69, 9.17) is 0 Å². The third kappa shape index (κ3) is 3.14. The summed E-state index contributed by atoms with van der Waals surface area (Å²) in [6, 6.07) is 11.8. The van der Waals surface area contributed by atoms with Crippen molar-refractivity contribution in [1.29, 1.82) is 0 Å². The van der Waals surface area contributed by atoms with Gasteiger partial charge in [0.25, 0.3) is 5.91 Å². The summed E-state index contributed by atoms with van der Waals surface area (Å²) in [5, 5.41) is 6.11. The molecular formula is C21H22N4O2. The van der Waals surface area contributed by atoms with E-state index < -0.39 is 0 Å². The zero-order valence-electron chi connectivity index (χ0n) is 15.5. The fourth-order valence-electron chi connectivity index (χ4n) is 3.48. The zero-order valence-corrected chi connectivity index (χ0v) is 15.5. The van der Waals surface area contributed by atoms with E-state index in [0.29, 0.717) is 6.54 Å². The van der Waals surface area contributed by atoms with Crippen molar-refractivity contribution in [1.82, 2.24) is 14.6 Å². The molecule has 6 nitrogen and oxygen atoms in total. The van der Waals surface area contributed by atoms with Gasteiger partial charge in [-0.05, 0) is 41.8 Å². The molecule has 2 amide bonds. The molecule has 4 rings (SSSR count). The zero-order chi connectivity index (χ0) is 19.0. The first-order valence-corrected chi connectivity index (χ1v) is 9.00. The Hall–Kier alpha value is -3.28. The summed E-state index contributed by atoms with van der Waals surface area (Å²) in [6.07, 6.45) is 4.86. The second kappa shape index (κ2) is 6.79. The highest BCUT2D eigenvalue weighted by atomic mass is 16.2. The normalized spacial score (nSPS) is 13.2. The van der Waals surface area contributed by atoms with E-state index in [1.165, 1.54) is 5.56 Å². The quantitative estimate of drug-likeness (QED) is 0.749. The van der Waals surface area contributed by atoms with Crippen LogP contribution in [0.25, 0.3) is 16.6 Å². The molecule has 0 saturated carbocycles. The molecule has 0 spiro atoms. The Morgan fingerprint density at radius 1 is 1.19 bits per heavy atom. The van der Waals surface area contributed by atoms with Gasteiger partial charge in [0.15, 0.2) is 0 Å². The number of benzene rings is 1. The molecular weight excluding hydrogens is 340 g/mol. The molecule has 0 aliphatic carbocycles. The second-order valence-electron chi connectivity index (χ2n) is 6.92. The maximum Gasteiger partial charge on any atom is 0.253 e. The minimum absolute atomic E-state index is 0.0193. The van der Waals surface area contributed by atoms with E-state index in [1.54, 1.807) is 19.0 Å². The summed E-state index contributed by atoms with van der Waals surface area (Å²) in [5.74, 6) is 0.0113. The third-order valence-corrected chi connectivity index (χ3v) is 4.95. The molecule has 27 heavy (non-hydrogen) atoms. The molecule has 0 saturated heterocycles. The van der Waals surface area contributed by atoms with E-state index in [1.807, 2.05) is 47.0 Å². The largest absolute Gasteiger partial charge is 0.376 e. The highest BCUT2D eigenvalue weighted by Gasteiger charge is 2.21. The van der Waals surface area contributed by atoms with Gasteiger partial charge in [-0.1, -0.05) is 12.1 Å². The van der Waals surface area contributed by atoms with Gasteiger partial charge in [0, 0.05) is 44.3 Å². The SMILES string of the molecule is CN(C)C(=O)CNc1ccc(-c2cn3cccc4c3c2CCNC4=O)cc1. The Labute approximate surface area is 157 Å². The van der Waals surface area contributed by atoms with Crippen molar-refractivity contribution in [2.24, 2.45) is 0 Å². The van der Waals surface area contributed by atoms with Crippen molar-refractivity contribution in [3.8, 4) is 11.1 Å². The summed E-state index contributed by atoms with van der Waals surface area (Å²) in [4.78, 5) is 25.6. The molecule has 3 aromatic rings. The number of pyridine rings is 1. The van der Waals surface area contributed by atoms with E-state index in [0.717, 1.165) is 34.3 Å². The first kappa shape index (κ1) is 17.1. The number of amides is 2. The van der Waals surface area contributed by atoms with Gasteiger partial charge in [-0.15, -0.1) is 0 Å². The molecule has 0 fully saturated rings.